The van der Waals surface area contributed by atoms with Crippen LogP contribution in [0.3, 0.4) is 0 Å². The minimum absolute atomic E-state index is 0.0294. The quantitative estimate of drug-likeness (QED) is 0.0168. The van der Waals surface area contributed by atoms with Crippen molar-refractivity contribution in [2.24, 2.45) is 17.8 Å². The van der Waals surface area contributed by atoms with Gasteiger partial charge in [-0.2, -0.15) is 0 Å². The predicted octanol–water partition coefficient (Wildman–Crippen LogP) is 8.64. The minimum Gasteiger partial charge on any atom is -0.488 e. The standard InChI is InChI=1S/C80H116N10O14/c1-21-51(6)66(88-69(93)60(41-49(2)3)83-71(95)65(47-102-77(12,13)14)87-74(98)67(52(7)103-78(15,16)17)89-70(94)61(82-53(8)91)43-54-37-39-59(40-38-54)104-79(18,19)20)73(97)84-62(68(92)86-64(46-101-76(9,10)11)72(96)85-63(75(99)100)42-50(4)5)44-58-45-90(48-81-58)80(55-31-25-22-26-32-55,56-33-27-23-28-34-56)57-35-29-24-30-36-57/h22-40,45,48-52,60-67H,21,41-44,46-47H2,1-20H3,(H,82,91)(H,83,95)(H,84,97)(H,85,96)(H,86,92)(H,87,98)(H,88,93)(H,89,94)(H,99,100)/t51-,52+,60-,61-,62-,63-,64-,65-,66-,67-/m0/s1. The molecule has 1 aromatic heterocycles. The Morgan fingerprint density at radius 1 is 0.452 bits per heavy atom. The number of imidazole rings is 1. The van der Waals surface area contributed by atoms with E-state index in [-0.39, 0.29) is 37.5 Å². The van der Waals surface area contributed by atoms with E-state index in [0.29, 0.717) is 23.4 Å². The van der Waals surface area contributed by atoms with Crippen LogP contribution in [0, 0.1) is 17.8 Å². The van der Waals surface area contributed by atoms with Crippen molar-refractivity contribution in [2.75, 3.05) is 13.2 Å². The lowest BCUT2D eigenvalue weighted by molar-refractivity contribution is -0.143. The Balaban J connectivity index is 1.55. The first kappa shape index (κ1) is 85.6. The van der Waals surface area contributed by atoms with Crippen LogP contribution in [-0.2, 0) is 75.7 Å². The predicted molar refractivity (Wildman–Crippen MR) is 400 cm³/mol. The van der Waals surface area contributed by atoms with E-state index < -0.39 is 155 Å². The summed E-state index contributed by atoms with van der Waals surface area (Å²) in [5.41, 5.74) is -0.370. The number of nitrogens with zero attached hydrogens (tertiary/aromatic N) is 2. The lowest BCUT2D eigenvalue weighted by Gasteiger charge is -2.37. The fourth-order valence-corrected chi connectivity index (χ4v) is 11.8. The molecule has 104 heavy (non-hydrogen) atoms. The number of hydrogen-bond donors (Lipinski definition) is 9. The summed E-state index contributed by atoms with van der Waals surface area (Å²) in [4.78, 5) is 135. The molecule has 24 nitrogen and oxygen atoms in total. The molecular formula is C80H116N10O14. The summed E-state index contributed by atoms with van der Waals surface area (Å²) in [6.45, 7) is 34.5. The molecule has 5 aromatic rings. The van der Waals surface area contributed by atoms with E-state index in [1.165, 1.54) is 6.92 Å². The largest absolute Gasteiger partial charge is 0.488 e. The normalized spacial score (nSPS) is 15.1. The van der Waals surface area contributed by atoms with Gasteiger partial charge in [-0.3, -0.25) is 38.4 Å². The fourth-order valence-electron chi connectivity index (χ4n) is 11.8. The van der Waals surface area contributed by atoms with Crippen LogP contribution in [0.4, 0.5) is 0 Å². The molecule has 0 fully saturated rings. The van der Waals surface area contributed by atoms with E-state index in [1.54, 1.807) is 113 Å². The molecule has 4 aromatic carbocycles. The second-order valence-electron chi connectivity index (χ2n) is 31.6. The zero-order valence-corrected chi connectivity index (χ0v) is 64.7. The van der Waals surface area contributed by atoms with Crippen molar-refractivity contribution in [3.05, 3.63) is 156 Å². The molecule has 0 spiro atoms. The highest BCUT2D eigenvalue weighted by Gasteiger charge is 2.42. The van der Waals surface area contributed by atoms with Gasteiger partial charge in [0.25, 0.3) is 0 Å². The molecule has 570 valence electrons. The first-order valence-electron chi connectivity index (χ1n) is 36.0. The maximum absolute atomic E-state index is 15.4. The molecule has 0 radical (unpaired) electrons. The van der Waals surface area contributed by atoms with E-state index in [2.05, 4.69) is 42.5 Å². The van der Waals surface area contributed by atoms with Crippen molar-refractivity contribution in [1.29, 1.82) is 0 Å². The van der Waals surface area contributed by atoms with Crippen molar-refractivity contribution < 1.29 is 67.2 Å². The number of benzene rings is 4. The summed E-state index contributed by atoms with van der Waals surface area (Å²) in [5.74, 6) is -7.91. The van der Waals surface area contributed by atoms with Crippen molar-refractivity contribution in [3.63, 3.8) is 0 Å². The monoisotopic (exact) mass is 1440 g/mol. The van der Waals surface area contributed by atoms with Gasteiger partial charge in [-0.1, -0.05) is 151 Å². The lowest BCUT2D eigenvalue weighted by Crippen LogP contribution is -2.63. The number of aromatic nitrogens is 2. The van der Waals surface area contributed by atoms with E-state index in [9.17, 15) is 33.9 Å². The zero-order valence-electron chi connectivity index (χ0n) is 64.7. The van der Waals surface area contributed by atoms with Crippen LogP contribution >= 0.6 is 0 Å². The molecule has 0 saturated carbocycles. The van der Waals surface area contributed by atoms with Gasteiger partial charge >= 0.3 is 5.97 Å². The van der Waals surface area contributed by atoms with Gasteiger partial charge in [0, 0.05) is 26.0 Å². The number of carboxylic acids is 1. The van der Waals surface area contributed by atoms with E-state index in [1.807, 2.05) is 151 Å². The first-order chi connectivity index (χ1) is 48.5. The van der Waals surface area contributed by atoms with Crippen molar-refractivity contribution in [1.82, 2.24) is 52.1 Å². The molecule has 0 aliphatic rings. The molecule has 9 N–H and O–H groups in total. The summed E-state index contributed by atoms with van der Waals surface area (Å²) in [7, 11) is 0. The third kappa shape index (κ3) is 27.2. The number of carbonyl (C=O) groups excluding carboxylic acids is 8. The molecule has 0 aliphatic carbocycles. The van der Waals surface area contributed by atoms with Crippen LogP contribution in [0.25, 0.3) is 0 Å². The third-order valence-electron chi connectivity index (χ3n) is 16.8. The van der Waals surface area contributed by atoms with Crippen LogP contribution in [0.5, 0.6) is 5.75 Å². The van der Waals surface area contributed by atoms with E-state index in [0.717, 1.165) is 16.7 Å². The van der Waals surface area contributed by atoms with Crippen LogP contribution in [-0.4, -0.2) is 158 Å². The average Bonchev–Trinajstić information content (AvgIpc) is 1.29. The van der Waals surface area contributed by atoms with Gasteiger partial charge in [0.1, 0.15) is 65.2 Å². The Morgan fingerprint density at radius 2 is 0.846 bits per heavy atom. The number of hydrogen-bond acceptors (Lipinski definition) is 14. The van der Waals surface area contributed by atoms with Crippen LogP contribution in [0.15, 0.2) is 128 Å². The molecule has 0 saturated heterocycles. The Morgan fingerprint density at radius 3 is 1.28 bits per heavy atom. The SMILES string of the molecule is CC[C@H](C)[C@H](NC(=O)[C@H](CC(C)C)NC(=O)[C@H](COC(C)(C)C)NC(=O)[C@@H](NC(=O)[C@H](Cc1ccc(OC(C)(C)C)cc1)NC(C)=O)[C@@H](C)OC(C)(C)C)C(=O)N[C@@H](Cc1cn(C(c2ccccc2)(c2ccccc2)c2ccccc2)cn1)C(=O)N[C@@H](COC(C)(C)C)C(=O)N[C@@H](CC(C)C)C(=O)O. The summed E-state index contributed by atoms with van der Waals surface area (Å²) < 4.78 is 26.4. The molecule has 0 unspecified atom stereocenters. The highest BCUT2D eigenvalue weighted by Crippen LogP contribution is 2.41. The van der Waals surface area contributed by atoms with Gasteiger partial charge in [0.2, 0.25) is 47.3 Å². The summed E-state index contributed by atoms with van der Waals surface area (Å²) in [5, 5.41) is 32.5. The van der Waals surface area contributed by atoms with Crippen molar-refractivity contribution in [3.8, 4) is 5.75 Å². The fraction of sp³-hybridized carbons (Fsp3) is 0.550. The van der Waals surface area contributed by atoms with E-state index in [4.69, 9.17) is 23.9 Å². The Hall–Kier alpha value is -9.00. The van der Waals surface area contributed by atoms with Gasteiger partial charge in [0.05, 0.1) is 48.1 Å². The molecule has 0 bridgehead atoms. The number of carboxylic acid groups (broad SMARTS) is 1. The summed E-state index contributed by atoms with van der Waals surface area (Å²) in [6.07, 6.45) is 2.60. The molecular weight excluding hydrogens is 1320 g/mol. The van der Waals surface area contributed by atoms with Gasteiger partial charge in [0.15, 0.2) is 0 Å². The number of carbonyl (C=O) groups is 9. The lowest BCUT2D eigenvalue weighted by atomic mass is 9.77. The van der Waals surface area contributed by atoms with Gasteiger partial charge in [-0.25, -0.2) is 9.78 Å². The average molecular weight is 1440 g/mol. The molecule has 0 aliphatic heterocycles. The molecule has 8 amide bonds. The molecule has 5 rings (SSSR count). The topological polar surface area (TPSA) is 325 Å². The molecule has 24 heteroatoms. The van der Waals surface area contributed by atoms with Crippen LogP contribution in [0.2, 0.25) is 0 Å². The summed E-state index contributed by atoms with van der Waals surface area (Å²) >= 11 is 0. The second-order valence-corrected chi connectivity index (χ2v) is 31.6. The van der Waals surface area contributed by atoms with Gasteiger partial charge < -0.3 is 71.2 Å². The third-order valence-corrected chi connectivity index (χ3v) is 16.8. The minimum atomic E-state index is -1.53. The second kappa shape index (κ2) is 38.1. The maximum Gasteiger partial charge on any atom is 0.326 e. The number of amides is 8. The van der Waals surface area contributed by atoms with Crippen LogP contribution in [0.1, 0.15) is 186 Å². The number of nitrogens with one attached hydrogen (secondary N) is 8. The maximum atomic E-state index is 15.4. The van der Waals surface area contributed by atoms with E-state index >= 15 is 14.4 Å². The Kier molecular flexibility index (Phi) is 31.4. The number of aliphatic carboxylic acids is 1. The van der Waals surface area contributed by atoms with Crippen molar-refractivity contribution in [2.45, 2.75) is 253 Å². The Labute approximate surface area is 615 Å². The highest BCUT2D eigenvalue weighted by molar-refractivity contribution is 5.98. The van der Waals surface area contributed by atoms with Gasteiger partial charge in [-0.15, -0.1) is 0 Å². The number of rotatable bonds is 37. The summed E-state index contributed by atoms with van der Waals surface area (Å²) in [6, 6.07) is 25.4. The smallest absolute Gasteiger partial charge is 0.326 e. The zero-order chi connectivity index (χ0) is 77.7. The molecule has 10 atom stereocenters. The Bertz CT molecular complexity index is 3520. The highest BCUT2D eigenvalue weighted by atomic mass is 16.5. The van der Waals surface area contributed by atoms with Gasteiger partial charge in [-0.05, 0) is 155 Å². The molecule has 1 heterocycles. The van der Waals surface area contributed by atoms with Crippen LogP contribution < -0.4 is 47.3 Å². The van der Waals surface area contributed by atoms with Crippen molar-refractivity contribution >= 4 is 53.2 Å². The number of ether oxygens (including phenoxy) is 4. The first-order valence-corrected chi connectivity index (χ1v) is 36.0.